The van der Waals surface area contributed by atoms with Crippen LogP contribution in [-0.4, -0.2) is 17.9 Å². The van der Waals surface area contributed by atoms with Crippen LogP contribution < -0.4 is 0 Å². The fourth-order valence-electron chi connectivity index (χ4n) is 2.86. The van der Waals surface area contributed by atoms with Crippen LogP contribution in [-0.2, 0) is 16.0 Å². The summed E-state index contributed by atoms with van der Waals surface area (Å²) in [5.41, 5.74) is 4.14. The minimum atomic E-state index is -0.376. The van der Waals surface area contributed by atoms with Crippen molar-refractivity contribution in [3.63, 3.8) is 0 Å². The monoisotopic (exact) mass is 354 g/mol. The Morgan fingerprint density at radius 1 is 1.12 bits per heavy atom. The van der Waals surface area contributed by atoms with Gasteiger partial charge in [0, 0.05) is 12.8 Å². The number of benzene rings is 1. The Morgan fingerprint density at radius 2 is 1.81 bits per heavy atom. The average Bonchev–Trinajstić information content (AvgIpc) is 2.56. The second kappa shape index (κ2) is 10.5. The van der Waals surface area contributed by atoms with Crippen molar-refractivity contribution in [3.8, 4) is 0 Å². The van der Waals surface area contributed by atoms with Crippen molar-refractivity contribution in [1.29, 1.82) is 0 Å². The highest BCUT2D eigenvalue weighted by molar-refractivity contribution is 5.98. The first-order chi connectivity index (χ1) is 12.3. The van der Waals surface area contributed by atoms with Crippen LogP contribution in [0.2, 0.25) is 0 Å². The van der Waals surface area contributed by atoms with Gasteiger partial charge in [0.25, 0.3) is 0 Å². The smallest absolute Gasteiger partial charge is 0.338 e. The SMILES string of the molecule is C=CCC/C=C/C(=O)Cc1c(C)c(C)cc(C)c1C(=O)O[C@H](C)CC=C. The topological polar surface area (TPSA) is 43.4 Å². The van der Waals surface area contributed by atoms with Gasteiger partial charge in [-0.25, -0.2) is 4.79 Å². The lowest BCUT2D eigenvalue weighted by Gasteiger charge is -2.18. The van der Waals surface area contributed by atoms with Crippen molar-refractivity contribution in [2.75, 3.05) is 0 Å². The first kappa shape index (κ1) is 21.6. The highest BCUT2D eigenvalue weighted by Crippen LogP contribution is 2.25. The zero-order chi connectivity index (χ0) is 19.7. The van der Waals surface area contributed by atoms with E-state index < -0.39 is 0 Å². The molecule has 0 aromatic heterocycles. The van der Waals surface area contributed by atoms with Crippen molar-refractivity contribution in [1.82, 2.24) is 0 Å². The minimum Gasteiger partial charge on any atom is -0.459 e. The standard InChI is InChI=1S/C23H30O3/c1-7-9-10-11-13-20(24)15-21-19(6)16(3)14-17(4)22(21)23(25)26-18(5)12-8-2/h7-8,11,13-14,18H,1-2,9-10,12,15H2,3-6H3/b13-11+/t18-/m1/s1. The van der Waals surface area contributed by atoms with Crippen LogP contribution in [0, 0.1) is 20.8 Å². The minimum absolute atomic E-state index is 0.0182. The number of carbonyl (C=O) groups is 2. The number of unbranched alkanes of at least 4 members (excludes halogenated alkanes) is 1. The number of hydrogen-bond acceptors (Lipinski definition) is 3. The van der Waals surface area contributed by atoms with E-state index in [4.69, 9.17) is 4.74 Å². The molecule has 1 atom stereocenters. The maximum absolute atomic E-state index is 12.7. The molecule has 0 amide bonds. The van der Waals surface area contributed by atoms with Crippen LogP contribution in [0.15, 0.2) is 43.5 Å². The second-order valence-corrected chi connectivity index (χ2v) is 6.64. The van der Waals surface area contributed by atoms with Crippen LogP contribution in [0.4, 0.5) is 0 Å². The summed E-state index contributed by atoms with van der Waals surface area (Å²) in [6.07, 6.45) is 9.16. The molecule has 1 aromatic carbocycles. The van der Waals surface area contributed by atoms with Gasteiger partial charge in [0.2, 0.25) is 0 Å². The molecule has 0 heterocycles. The number of hydrogen-bond donors (Lipinski definition) is 0. The second-order valence-electron chi connectivity index (χ2n) is 6.64. The van der Waals surface area contributed by atoms with E-state index in [-0.39, 0.29) is 24.3 Å². The van der Waals surface area contributed by atoms with Crippen molar-refractivity contribution >= 4 is 11.8 Å². The molecule has 0 aliphatic carbocycles. The molecule has 3 heteroatoms. The summed E-state index contributed by atoms with van der Waals surface area (Å²) in [4.78, 5) is 25.1. The maximum Gasteiger partial charge on any atom is 0.338 e. The van der Waals surface area contributed by atoms with Crippen molar-refractivity contribution in [3.05, 3.63) is 71.3 Å². The lowest BCUT2D eigenvalue weighted by molar-refractivity contribution is -0.114. The Hall–Kier alpha value is -2.42. The lowest BCUT2D eigenvalue weighted by atomic mass is 9.90. The van der Waals surface area contributed by atoms with Gasteiger partial charge in [0.05, 0.1) is 5.56 Å². The van der Waals surface area contributed by atoms with Crippen molar-refractivity contribution in [2.24, 2.45) is 0 Å². The van der Waals surface area contributed by atoms with E-state index in [1.165, 1.54) is 0 Å². The van der Waals surface area contributed by atoms with E-state index in [1.807, 2.05) is 45.9 Å². The molecule has 0 aliphatic rings. The van der Waals surface area contributed by atoms with Gasteiger partial charge in [-0.2, -0.15) is 0 Å². The first-order valence-corrected chi connectivity index (χ1v) is 9.03. The van der Waals surface area contributed by atoms with Crippen LogP contribution >= 0.6 is 0 Å². The fourth-order valence-corrected chi connectivity index (χ4v) is 2.86. The maximum atomic E-state index is 12.7. The van der Waals surface area contributed by atoms with Gasteiger partial charge < -0.3 is 4.74 Å². The molecule has 1 rings (SSSR count). The van der Waals surface area contributed by atoms with Crippen molar-refractivity contribution in [2.45, 2.75) is 59.5 Å². The van der Waals surface area contributed by atoms with E-state index in [0.29, 0.717) is 12.0 Å². The molecule has 3 nitrogen and oxygen atoms in total. The summed E-state index contributed by atoms with van der Waals surface area (Å²) >= 11 is 0. The number of ether oxygens (including phenoxy) is 1. The number of aryl methyl sites for hydroxylation is 2. The van der Waals surface area contributed by atoms with Crippen LogP contribution in [0.3, 0.4) is 0 Å². The van der Waals surface area contributed by atoms with Gasteiger partial charge in [-0.1, -0.05) is 24.3 Å². The molecule has 0 radical (unpaired) electrons. The van der Waals surface area contributed by atoms with Crippen molar-refractivity contribution < 1.29 is 14.3 Å². The number of allylic oxidation sites excluding steroid dienone is 3. The lowest BCUT2D eigenvalue weighted by Crippen LogP contribution is -2.19. The summed E-state index contributed by atoms with van der Waals surface area (Å²) in [7, 11) is 0. The summed E-state index contributed by atoms with van der Waals surface area (Å²) in [6, 6.07) is 1.97. The van der Waals surface area contributed by atoms with E-state index in [2.05, 4.69) is 13.2 Å². The average molecular weight is 354 g/mol. The molecule has 0 fully saturated rings. The molecule has 0 aliphatic heterocycles. The number of ketones is 1. The van der Waals surface area contributed by atoms with E-state index in [1.54, 1.807) is 12.2 Å². The van der Waals surface area contributed by atoms with E-state index in [0.717, 1.165) is 35.1 Å². The van der Waals surface area contributed by atoms with Gasteiger partial charge in [0.15, 0.2) is 5.78 Å². The predicted octanol–water partition coefficient (Wildman–Crippen LogP) is 5.37. The molecule has 0 spiro atoms. The number of rotatable bonds is 10. The normalized spacial score (nSPS) is 12.0. The number of esters is 1. The molecule has 0 unspecified atom stereocenters. The third-order valence-electron chi connectivity index (χ3n) is 4.38. The summed E-state index contributed by atoms with van der Waals surface area (Å²) in [5, 5.41) is 0. The Bertz CT molecular complexity index is 711. The molecule has 0 saturated heterocycles. The van der Waals surface area contributed by atoms with E-state index in [9.17, 15) is 9.59 Å². The molecule has 140 valence electrons. The van der Waals surface area contributed by atoms with Gasteiger partial charge in [0.1, 0.15) is 6.10 Å². The predicted molar refractivity (Wildman–Crippen MR) is 108 cm³/mol. The first-order valence-electron chi connectivity index (χ1n) is 9.03. The van der Waals surface area contributed by atoms with Gasteiger partial charge >= 0.3 is 5.97 Å². The Labute approximate surface area is 157 Å². The zero-order valence-electron chi connectivity index (χ0n) is 16.4. The number of carbonyl (C=O) groups excluding carboxylic acids is 2. The molecular weight excluding hydrogens is 324 g/mol. The summed E-state index contributed by atoms with van der Waals surface area (Å²) in [5.74, 6) is -0.395. The Balaban J connectivity index is 3.14. The Kier molecular flexibility index (Phi) is 8.77. The summed E-state index contributed by atoms with van der Waals surface area (Å²) in [6.45, 7) is 15.0. The Morgan fingerprint density at radius 3 is 2.42 bits per heavy atom. The highest BCUT2D eigenvalue weighted by atomic mass is 16.5. The van der Waals surface area contributed by atoms with E-state index >= 15 is 0 Å². The van der Waals surface area contributed by atoms with Crippen LogP contribution in [0.5, 0.6) is 0 Å². The summed E-state index contributed by atoms with van der Waals surface area (Å²) < 4.78 is 5.54. The molecule has 0 N–H and O–H groups in total. The van der Waals surface area contributed by atoms with Crippen LogP contribution in [0.1, 0.15) is 58.8 Å². The largest absolute Gasteiger partial charge is 0.459 e. The van der Waals surface area contributed by atoms with Crippen LogP contribution in [0.25, 0.3) is 0 Å². The molecule has 0 saturated carbocycles. The highest BCUT2D eigenvalue weighted by Gasteiger charge is 2.22. The zero-order valence-corrected chi connectivity index (χ0v) is 16.4. The van der Waals surface area contributed by atoms with Gasteiger partial charge in [-0.15, -0.1) is 13.2 Å². The molecule has 0 bridgehead atoms. The third-order valence-corrected chi connectivity index (χ3v) is 4.38. The molecule has 26 heavy (non-hydrogen) atoms. The third kappa shape index (κ3) is 6.14. The fraction of sp³-hybridized carbons (Fsp3) is 0.391. The quantitative estimate of drug-likeness (QED) is 0.246. The van der Waals surface area contributed by atoms with Gasteiger partial charge in [-0.3, -0.25) is 4.79 Å². The van der Waals surface area contributed by atoms with Gasteiger partial charge in [-0.05, 0) is 68.9 Å². The molecular formula is C23H30O3. The molecule has 1 aromatic rings.